The summed E-state index contributed by atoms with van der Waals surface area (Å²) in [5.74, 6) is 0.624. The van der Waals surface area contributed by atoms with Crippen LogP contribution in [0, 0.1) is 5.92 Å². The van der Waals surface area contributed by atoms with Crippen molar-refractivity contribution in [1.29, 1.82) is 0 Å². The number of hydrogen-bond acceptors (Lipinski definition) is 10. The molecule has 1 aromatic heterocycles. The average molecular weight is 498 g/mol. The van der Waals surface area contributed by atoms with E-state index >= 15 is 0 Å². The van der Waals surface area contributed by atoms with Gasteiger partial charge in [-0.15, -0.1) is 10.2 Å². The fourth-order valence-corrected chi connectivity index (χ4v) is 3.69. The highest BCUT2D eigenvalue weighted by Crippen LogP contribution is 2.36. The SMILES string of the molecule is CC(C)CC(=O)Nc1ccc(C(=O)COC(=O)CSc2nnc(-c3ccc4c(c3)OCO4)o2)cc1. The molecule has 2 aromatic carbocycles. The van der Waals surface area contributed by atoms with Gasteiger partial charge in [-0.25, -0.2) is 0 Å². The van der Waals surface area contributed by atoms with Crippen LogP contribution >= 0.6 is 11.8 Å². The number of nitrogens with zero attached hydrogens (tertiary/aromatic N) is 2. The van der Waals surface area contributed by atoms with E-state index in [1.807, 2.05) is 13.8 Å². The third kappa shape index (κ3) is 6.60. The van der Waals surface area contributed by atoms with Gasteiger partial charge < -0.3 is 23.9 Å². The van der Waals surface area contributed by atoms with Crippen LogP contribution in [0.25, 0.3) is 11.5 Å². The van der Waals surface area contributed by atoms with Crippen LogP contribution in [0.1, 0.15) is 30.6 Å². The van der Waals surface area contributed by atoms with Crippen LogP contribution in [0.15, 0.2) is 52.1 Å². The lowest BCUT2D eigenvalue weighted by molar-refractivity contribution is -0.139. The monoisotopic (exact) mass is 497 g/mol. The van der Waals surface area contributed by atoms with Crippen LogP contribution in [0.5, 0.6) is 11.5 Å². The number of ether oxygens (including phenoxy) is 3. The molecule has 0 spiro atoms. The second-order valence-corrected chi connectivity index (χ2v) is 8.96. The van der Waals surface area contributed by atoms with Gasteiger partial charge in [0.15, 0.2) is 23.9 Å². The highest BCUT2D eigenvalue weighted by Gasteiger charge is 2.18. The molecule has 1 N–H and O–H groups in total. The first-order valence-electron chi connectivity index (χ1n) is 10.8. The quantitative estimate of drug-likeness (QED) is 0.249. The Morgan fingerprint density at radius 2 is 1.83 bits per heavy atom. The molecule has 0 atom stereocenters. The number of esters is 1. The van der Waals surface area contributed by atoms with Crippen LogP contribution in [0.2, 0.25) is 0 Å². The molecule has 35 heavy (non-hydrogen) atoms. The fraction of sp³-hybridized carbons (Fsp3) is 0.292. The molecular weight excluding hydrogens is 474 g/mol. The molecule has 0 fully saturated rings. The topological polar surface area (TPSA) is 130 Å². The van der Waals surface area contributed by atoms with E-state index in [-0.39, 0.29) is 41.3 Å². The maximum absolute atomic E-state index is 12.3. The summed E-state index contributed by atoms with van der Waals surface area (Å²) in [7, 11) is 0. The van der Waals surface area contributed by atoms with Crippen LogP contribution in [-0.4, -0.2) is 47.0 Å². The molecule has 0 aliphatic carbocycles. The number of anilines is 1. The molecule has 0 saturated carbocycles. The molecule has 10 nitrogen and oxygen atoms in total. The number of thioether (sulfide) groups is 1. The zero-order valence-corrected chi connectivity index (χ0v) is 19.9. The first-order chi connectivity index (χ1) is 16.9. The molecule has 1 aliphatic heterocycles. The van der Waals surface area contributed by atoms with Gasteiger partial charge in [0, 0.05) is 23.2 Å². The Balaban J connectivity index is 1.22. The van der Waals surface area contributed by atoms with E-state index in [0.717, 1.165) is 11.8 Å². The number of Topliss-reactive ketones (excluding diaryl/α,β-unsaturated/α-hetero) is 1. The minimum Gasteiger partial charge on any atom is -0.457 e. The Morgan fingerprint density at radius 3 is 2.60 bits per heavy atom. The third-order valence-electron chi connectivity index (χ3n) is 4.79. The van der Waals surface area contributed by atoms with Crippen molar-refractivity contribution in [2.24, 2.45) is 5.92 Å². The molecule has 2 heterocycles. The normalized spacial score (nSPS) is 12.0. The number of fused-ring (bicyclic) bond motifs is 1. The van der Waals surface area contributed by atoms with Gasteiger partial charge in [-0.3, -0.25) is 14.4 Å². The summed E-state index contributed by atoms with van der Waals surface area (Å²) in [6.07, 6.45) is 0.415. The molecule has 3 aromatic rings. The number of rotatable bonds is 10. The Bertz CT molecular complexity index is 1220. The lowest BCUT2D eigenvalue weighted by Crippen LogP contribution is -2.16. The molecule has 4 rings (SSSR count). The summed E-state index contributed by atoms with van der Waals surface area (Å²) in [6.45, 7) is 3.68. The first kappa shape index (κ1) is 24.3. The molecule has 1 amide bonds. The largest absolute Gasteiger partial charge is 0.457 e. The number of aromatic nitrogens is 2. The smallest absolute Gasteiger partial charge is 0.316 e. The number of nitrogens with one attached hydrogen (secondary N) is 1. The minimum atomic E-state index is -0.594. The molecular formula is C24H23N3O7S. The second-order valence-electron chi connectivity index (χ2n) is 8.04. The van der Waals surface area contributed by atoms with Crippen LogP contribution in [0.4, 0.5) is 5.69 Å². The Hall–Kier alpha value is -3.86. The number of ketones is 1. The summed E-state index contributed by atoms with van der Waals surface area (Å²) in [5.41, 5.74) is 1.63. The van der Waals surface area contributed by atoms with Crippen molar-refractivity contribution in [3.8, 4) is 23.0 Å². The number of hydrogen-bond donors (Lipinski definition) is 1. The van der Waals surface area contributed by atoms with Crippen molar-refractivity contribution in [3.63, 3.8) is 0 Å². The van der Waals surface area contributed by atoms with Gasteiger partial charge in [-0.2, -0.15) is 0 Å². The first-order valence-corrected chi connectivity index (χ1v) is 11.8. The van der Waals surface area contributed by atoms with Crippen LogP contribution in [0.3, 0.4) is 0 Å². The number of carbonyl (C=O) groups is 3. The Labute approximate surface area is 205 Å². The zero-order chi connectivity index (χ0) is 24.8. The van der Waals surface area contributed by atoms with Crippen molar-refractivity contribution < 1.29 is 33.0 Å². The molecule has 0 bridgehead atoms. The van der Waals surface area contributed by atoms with E-state index in [1.54, 1.807) is 42.5 Å². The van der Waals surface area contributed by atoms with Gasteiger partial charge >= 0.3 is 5.97 Å². The molecule has 11 heteroatoms. The third-order valence-corrected chi connectivity index (χ3v) is 5.58. The predicted octanol–water partition coefficient (Wildman–Crippen LogP) is 3.97. The lowest BCUT2D eigenvalue weighted by Gasteiger charge is -2.08. The summed E-state index contributed by atoms with van der Waals surface area (Å²) in [5, 5.41) is 10.9. The maximum atomic E-state index is 12.3. The van der Waals surface area contributed by atoms with Crippen LogP contribution < -0.4 is 14.8 Å². The van der Waals surface area contributed by atoms with Gasteiger partial charge in [-0.1, -0.05) is 25.6 Å². The average Bonchev–Trinajstić information content (AvgIpc) is 3.50. The van der Waals surface area contributed by atoms with E-state index in [4.69, 9.17) is 18.6 Å². The van der Waals surface area contributed by atoms with Gasteiger partial charge in [-0.05, 0) is 48.4 Å². The van der Waals surface area contributed by atoms with Crippen molar-refractivity contribution in [3.05, 3.63) is 48.0 Å². The fourth-order valence-electron chi connectivity index (χ4n) is 3.13. The van der Waals surface area contributed by atoms with Crippen LogP contribution in [-0.2, 0) is 14.3 Å². The van der Waals surface area contributed by atoms with Gasteiger partial charge in [0.25, 0.3) is 5.22 Å². The molecule has 0 unspecified atom stereocenters. The van der Waals surface area contributed by atoms with Gasteiger partial charge in [0.2, 0.25) is 18.6 Å². The van der Waals surface area contributed by atoms with Crippen molar-refractivity contribution in [2.75, 3.05) is 24.5 Å². The maximum Gasteiger partial charge on any atom is 0.316 e. The summed E-state index contributed by atoms with van der Waals surface area (Å²) in [4.78, 5) is 36.2. The van der Waals surface area contributed by atoms with Crippen molar-refractivity contribution >= 4 is 35.1 Å². The Kier molecular flexibility index (Phi) is 7.66. The van der Waals surface area contributed by atoms with Crippen molar-refractivity contribution in [2.45, 2.75) is 25.5 Å². The second kappa shape index (κ2) is 11.0. The van der Waals surface area contributed by atoms with E-state index in [2.05, 4.69) is 15.5 Å². The summed E-state index contributed by atoms with van der Waals surface area (Å²) >= 11 is 1.01. The number of amides is 1. The summed E-state index contributed by atoms with van der Waals surface area (Å²) in [6, 6.07) is 11.7. The number of carbonyl (C=O) groups excluding carboxylic acids is 3. The highest BCUT2D eigenvalue weighted by molar-refractivity contribution is 7.99. The summed E-state index contributed by atoms with van der Waals surface area (Å²) < 4.78 is 21.2. The highest BCUT2D eigenvalue weighted by atomic mass is 32.2. The van der Waals surface area contributed by atoms with E-state index < -0.39 is 12.6 Å². The van der Waals surface area contributed by atoms with Crippen molar-refractivity contribution in [1.82, 2.24) is 10.2 Å². The zero-order valence-electron chi connectivity index (χ0n) is 19.1. The van der Waals surface area contributed by atoms with E-state index in [9.17, 15) is 14.4 Å². The van der Waals surface area contributed by atoms with Gasteiger partial charge in [0.05, 0.1) is 0 Å². The minimum absolute atomic E-state index is 0.0882. The Morgan fingerprint density at radius 1 is 1.06 bits per heavy atom. The lowest BCUT2D eigenvalue weighted by atomic mass is 10.1. The van der Waals surface area contributed by atoms with E-state index in [1.165, 1.54) is 0 Å². The molecule has 182 valence electrons. The molecule has 1 aliphatic rings. The standard InChI is InChI=1S/C24H23N3O7S/c1-14(2)9-21(29)25-17-6-3-15(4-7-17)18(28)11-31-22(30)12-35-24-27-26-23(34-24)16-5-8-19-20(10-16)33-13-32-19/h3-8,10,14H,9,11-13H2,1-2H3,(H,25,29). The molecule has 0 radical (unpaired) electrons. The van der Waals surface area contributed by atoms with E-state index in [0.29, 0.717) is 34.7 Å². The van der Waals surface area contributed by atoms with Gasteiger partial charge in [0.1, 0.15) is 5.75 Å². The number of benzene rings is 2. The molecule has 0 saturated heterocycles. The predicted molar refractivity (Wildman–Crippen MR) is 126 cm³/mol.